The quantitative estimate of drug-likeness (QED) is 0.762. The third-order valence-corrected chi connectivity index (χ3v) is 7.62. The van der Waals surface area contributed by atoms with Crippen LogP contribution in [0.1, 0.15) is 31.2 Å². The van der Waals surface area contributed by atoms with Gasteiger partial charge in [-0.3, -0.25) is 0 Å². The first-order valence-corrected chi connectivity index (χ1v) is 9.99. The summed E-state index contributed by atoms with van der Waals surface area (Å²) in [5.74, 6) is 0. The summed E-state index contributed by atoms with van der Waals surface area (Å²) in [6, 6.07) is 3.42. The Kier molecular flexibility index (Phi) is 5.87. The number of aliphatic hydroxyl groups is 1. The predicted molar refractivity (Wildman–Crippen MR) is 89.8 cm³/mol. The minimum absolute atomic E-state index is 0.00544. The van der Waals surface area contributed by atoms with Gasteiger partial charge in [0, 0.05) is 21.5 Å². The SMILES string of the molecule is Cc1cc(Br)c(S(=O)(=O)N(CCO)C2CCCC2)cc1Br. The predicted octanol–water partition coefficient (Wildman–Crippen LogP) is 3.45. The minimum atomic E-state index is -3.62. The van der Waals surface area contributed by atoms with Crippen molar-refractivity contribution in [3.63, 3.8) is 0 Å². The molecule has 1 saturated carbocycles. The van der Waals surface area contributed by atoms with Crippen LogP contribution < -0.4 is 0 Å². The molecule has 0 atom stereocenters. The van der Waals surface area contributed by atoms with Crippen molar-refractivity contribution in [3.8, 4) is 0 Å². The second kappa shape index (κ2) is 7.08. The van der Waals surface area contributed by atoms with Crippen LogP contribution in [-0.4, -0.2) is 37.0 Å². The third-order valence-electron chi connectivity index (χ3n) is 3.85. The van der Waals surface area contributed by atoms with E-state index in [-0.39, 0.29) is 24.1 Å². The average Bonchev–Trinajstić information content (AvgIpc) is 2.93. The Labute approximate surface area is 142 Å². The molecule has 0 saturated heterocycles. The molecule has 1 aliphatic rings. The summed E-state index contributed by atoms with van der Waals surface area (Å²) in [7, 11) is -3.62. The molecule has 1 N–H and O–H groups in total. The van der Waals surface area contributed by atoms with E-state index in [0.29, 0.717) is 4.47 Å². The highest BCUT2D eigenvalue weighted by Gasteiger charge is 2.34. The molecule has 1 aromatic rings. The Bertz CT molecular complexity index is 613. The van der Waals surface area contributed by atoms with Gasteiger partial charge in [0.1, 0.15) is 0 Å². The van der Waals surface area contributed by atoms with E-state index in [4.69, 9.17) is 0 Å². The van der Waals surface area contributed by atoms with Gasteiger partial charge in [-0.05, 0) is 53.4 Å². The maximum atomic E-state index is 13.0. The molecular formula is C14H19Br2NO3S. The van der Waals surface area contributed by atoms with Gasteiger partial charge in [0.05, 0.1) is 11.5 Å². The fourth-order valence-corrected chi connectivity index (χ4v) is 6.06. The Morgan fingerprint density at radius 3 is 2.43 bits per heavy atom. The van der Waals surface area contributed by atoms with E-state index < -0.39 is 10.0 Å². The summed E-state index contributed by atoms with van der Waals surface area (Å²) in [5, 5.41) is 9.25. The van der Waals surface area contributed by atoms with E-state index in [0.717, 1.165) is 35.7 Å². The van der Waals surface area contributed by atoms with Crippen molar-refractivity contribution < 1.29 is 13.5 Å². The molecule has 0 heterocycles. The number of halogens is 2. The van der Waals surface area contributed by atoms with E-state index in [1.807, 2.05) is 6.92 Å². The fraction of sp³-hybridized carbons (Fsp3) is 0.571. The van der Waals surface area contributed by atoms with E-state index >= 15 is 0 Å². The second-order valence-electron chi connectivity index (χ2n) is 5.31. The van der Waals surface area contributed by atoms with Gasteiger partial charge in [-0.1, -0.05) is 28.8 Å². The number of aryl methyl sites for hydroxylation is 1. The van der Waals surface area contributed by atoms with Crippen molar-refractivity contribution in [3.05, 3.63) is 26.6 Å². The molecule has 21 heavy (non-hydrogen) atoms. The normalized spacial score (nSPS) is 16.8. The van der Waals surface area contributed by atoms with Crippen LogP contribution in [0.15, 0.2) is 26.0 Å². The Morgan fingerprint density at radius 2 is 1.86 bits per heavy atom. The van der Waals surface area contributed by atoms with Crippen molar-refractivity contribution >= 4 is 41.9 Å². The Balaban J connectivity index is 2.45. The first-order valence-electron chi connectivity index (χ1n) is 6.96. The minimum Gasteiger partial charge on any atom is -0.395 e. The highest BCUT2D eigenvalue weighted by Crippen LogP contribution is 2.34. The smallest absolute Gasteiger partial charge is 0.244 e. The van der Waals surface area contributed by atoms with Gasteiger partial charge in [0.2, 0.25) is 10.0 Å². The van der Waals surface area contributed by atoms with Crippen LogP contribution in [0.3, 0.4) is 0 Å². The number of aliphatic hydroxyl groups excluding tert-OH is 1. The number of rotatable bonds is 5. The highest BCUT2D eigenvalue weighted by atomic mass is 79.9. The summed E-state index contributed by atoms with van der Waals surface area (Å²) >= 11 is 6.75. The first kappa shape index (κ1) is 17.4. The number of benzene rings is 1. The number of hydrogen-bond acceptors (Lipinski definition) is 3. The molecule has 0 bridgehead atoms. The monoisotopic (exact) mass is 439 g/mol. The van der Waals surface area contributed by atoms with Crippen LogP contribution in [0, 0.1) is 6.92 Å². The van der Waals surface area contributed by atoms with Crippen molar-refractivity contribution in [2.45, 2.75) is 43.5 Å². The fourth-order valence-electron chi connectivity index (χ4n) is 2.74. The second-order valence-corrected chi connectivity index (χ2v) is 8.88. The molecule has 7 heteroatoms. The van der Waals surface area contributed by atoms with Crippen molar-refractivity contribution in [1.29, 1.82) is 0 Å². The standard InChI is InChI=1S/C14H19Br2NO3S/c1-10-8-13(16)14(9-12(10)15)21(19,20)17(6-7-18)11-4-2-3-5-11/h8-9,11,18H,2-7H2,1H3. The van der Waals surface area contributed by atoms with Crippen LogP contribution in [0.5, 0.6) is 0 Å². The largest absolute Gasteiger partial charge is 0.395 e. The third kappa shape index (κ3) is 3.69. The molecule has 1 aromatic carbocycles. The molecule has 4 nitrogen and oxygen atoms in total. The molecule has 0 spiro atoms. The van der Waals surface area contributed by atoms with Gasteiger partial charge in [-0.2, -0.15) is 4.31 Å². The van der Waals surface area contributed by atoms with Gasteiger partial charge in [0.15, 0.2) is 0 Å². The molecule has 0 aliphatic heterocycles. The van der Waals surface area contributed by atoms with Crippen LogP contribution in [-0.2, 0) is 10.0 Å². The molecule has 0 aromatic heterocycles. The lowest BCUT2D eigenvalue weighted by atomic mass is 10.2. The number of sulfonamides is 1. The van der Waals surface area contributed by atoms with Gasteiger partial charge in [-0.15, -0.1) is 0 Å². The zero-order valence-corrected chi connectivity index (χ0v) is 15.8. The molecular weight excluding hydrogens is 422 g/mol. The Morgan fingerprint density at radius 1 is 1.24 bits per heavy atom. The molecule has 1 fully saturated rings. The van der Waals surface area contributed by atoms with E-state index in [1.165, 1.54) is 4.31 Å². The number of nitrogens with zero attached hydrogens (tertiary/aromatic N) is 1. The van der Waals surface area contributed by atoms with E-state index in [9.17, 15) is 13.5 Å². The summed E-state index contributed by atoms with van der Waals surface area (Å²) in [4.78, 5) is 0.250. The lowest BCUT2D eigenvalue weighted by Gasteiger charge is -2.28. The van der Waals surface area contributed by atoms with Gasteiger partial charge < -0.3 is 5.11 Å². The van der Waals surface area contributed by atoms with Crippen molar-refractivity contribution in [1.82, 2.24) is 4.31 Å². The molecule has 0 unspecified atom stereocenters. The summed E-state index contributed by atoms with van der Waals surface area (Å²) in [6.07, 6.45) is 3.81. The molecule has 0 amide bonds. The molecule has 2 rings (SSSR count). The number of hydrogen-bond donors (Lipinski definition) is 1. The van der Waals surface area contributed by atoms with Crippen LogP contribution >= 0.6 is 31.9 Å². The zero-order chi connectivity index (χ0) is 15.6. The highest BCUT2D eigenvalue weighted by molar-refractivity contribution is 9.11. The average molecular weight is 441 g/mol. The summed E-state index contributed by atoms with van der Waals surface area (Å²) in [6.45, 7) is 1.89. The van der Waals surface area contributed by atoms with Crippen molar-refractivity contribution in [2.75, 3.05) is 13.2 Å². The van der Waals surface area contributed by atoms with Crippen LogP contribution in [0.2, 0.25) is 0 Å². The Hall–Kier alpha value is 0.0500. The first-order chi connectivity index (χ1) is 9.87. The van der Waals surface area contributed by atoms with E-state index in [2.05, 4.69) is 31.9 Å². The van der Waals surface area contributed by atoms with Crippen LogP contribution in [0.4, 0.5) is 0 Å². The lowest BCUT2D eigenvalue weighted by Crippen LogP contribution is -2.40. The maximum Gasteiger partial charge on any atom is 0.244 e. The van der Waals surface area contributed by atoms with Crippen molar-refractivity contribution in [2.24, 2.45) is 0 Å². The van der Waals surface area contributed by atoms with Gasteiger partial charge >= 0.3 is 0 Å². The van der Waals surface area contributed by atoms with E-state index in [1.54, 1.807) is 12.1 Å². The lowest BCUT2D eigenvalue weighted by molar-refractivity contribution is 0.226. The molecule has 0 radical (unpaired) electrons. The maximum absolute atomic E-state index is 13.0. The summed E-state index contributed by atoms with van der Waals surface area (Å²) < 4.78 is 28.7. The van der Waals surface area contributed by atoms with Crippen LogP contribution in [0.25, 0.3) is 0 Å². The van der Waals surface area contributed by atoms with Gasteiger partial charge in [0.25, 0.3) is 0 Å². The zero-order valence-electron chi connectivity index (χ0n) is 11.8. The molecule has 118 valence electrons. The summed E-state index contributed by atoms with van der Waals surface area (Å²) in [5.41, 5.74) is 0.968. The van der Waals surface area contributed by atoms with Gasteiger partial charge in [-0.25, -0.2) is 8.42 Å². The topological polar surface area (TPSA) is 57.6 Å². The molecule has 1 aliphatic carbocycles.